The highest BCUT2D eigenvalue weighted by Crippen LogP contribution is 2.25. The van der Waals surface area contributed by atoms with Crippen LogP contribution in [0.25, 0.3) is 0 Å². The molecule has 0 fully saturated rings. The summed E-state index contributed by atoms with van der Waals surface area (Å²) < 4.78 is 13.3. The zero-order valence-electron chi connectivity index (χ0n) is 10.0. The highest BCUT2D eigenvalue weighted by atomic mass is 35.5. The van der Waals surface area contributed by atoms with Gasteiger partial charge >= 0.3 is 0 Å². The van der Waals surface area contributed by atoms with Crippen molar-refractivity contribution in [3.05, 3.63) is 44.6 Å². The lowest BCUT2D eigenvalue weighted by atomic mass is 10.2. The molecule has 1 aromatic heterocycles. The lowest BCUT2D eigenvalue weighted by Gasteiger charge is -2.05. The number of rotatable bonds is 3. The lowest BCUT2D eigenvalue weighted by Crippen LogP contribution is -2.13. The van der Waals surface area contributed by atoms with E-state index in [0.29, 0.717) is 0 Å². The zero-order valence-corrected chi connectivity index (χ0v) is 12.4. The maximum Gasteiger partial charge on any atom is 0.259 e. The van der Waals surface area contributed by atoms with Crippen molar-refractivity contribution in [3.63, 3.8) is 0 Å². The van der Waals surface area contributed by atoms with Crippen molar-refractivity contribution in [2.24, 2.45) is 0 Å². The van der Waals surface area contributed by atoms with Crippen molar-refractivity contribution in [1.29, 1.82) is 0 Å². The molecule has 1 heterocycles. The number of halogens is 3. The highest BCUT2D eigenvalue weighted by molar-refractivity contribution is 7.14. The predicted octanol–water partition coefficient (Wildman–Crippen LogP) is 4.04. The monoisotopic (exact) mass is 332 g/mol. The number of hydrogen-bond acceptors (Lipinski definition) is 4. The SMILES string of the molecule is CC(=O)c1csc(NC(=O)c2cc(F)c(Cl)cc2Cl)n1. The molecule has 0 aliphatic heterocycles. The molecule has 0 radical (unpaired) electrons. The molecule has 0 unspecified atom stereocenters. The van der Waals surface area contributed by atoms with E-state index >= 15 is 0 Å². The Hall–Kier alpha value is -1.50. The zero-order chi connectivity index (χ0) is 14.9. The Morgan fingerprint density at radius 1 is 1.30 bits per heavy atom. The molecule has 104 valence electrons. The quantitative estimate of drug-likeness (QED) is 0.681. The molecule has 0 bridgehead atoms. The molecule has 20 heavy (non-hydrogen) atoms. The van der Waals surface area contributed by atoms with Gasteiger partial charge in [-0.25, -0.2) is 9.37 Å². The molecule has 2 aromatic rings. The predicted molar refractivity (Wildman–Crippen MR) is 76.5 cm³/mol. The summed E-state index contributed by atoms with van der Waals surface area (Å²) >= 11 is 12.5. The molecule has 0 atom stereocenters. The first-order valence-corrected chi connectivity index (χ1v) is 6.94. The molecule has 0 saturated heterocycles. The van der Waals surface area contributed by atoms with Gasteiger partial charge in [-0.15, -0.1) is 11.3 Å². The van der Waals surface area contributed by atoms with Gasteiger partial charge in [0, 0.05) is 12.3 Å². The number of amides is 1. The van der Waals surface area contributed by atoms with Gasteiger partial charge in [-0.3, -0.25) is 14.9 Å². The minimum Gasteiger partial charge on any atom is -0.298 e. The van der Waals surface area contributed by atoms with Gasteiger partial charge in [-0.05, 0) is 12.1 Å². The number of anilines is 1. The van der Waals surface area contributed by atoms with Gasteiger partial charge in [0.25, 0.3) is 5.91 Å². The highest BCUT2D eigenvalue weighted by Gasteiger charge is 2.16. The maximum atomic E-state index is 13.3. The maximum absolute atomic E-state index is 13.3. The molecule has 0 aliphatic rings. The van der Waals surface area contributed by atoms with Gasteiger partial charge in [0.2, 0.25) is 0 Å². The summed E-state index contributed by atoms with van der Waals surface area (Å²) in [6, 6.07) is 2.09. The third-order valence-electron chi connectivity index (χ3n) is 2.34. The number of thiazole rings is 1. The summed E-state index contributed by atoms with van der Waals surface area (Å²) in [4.78, 5) is 27.0. The average molecular weight is 333 g/mol. The molecule has 8 heteroatoms. The summed E-state index contributed by atoms with van der Waals surface area (Å²) in [5.74, 6) is -1.59. The fourth-order valence-electron chi connectivity index (χ4n) is 1.35. The van der Waals surface area contributed by atoms with E-state index in [-0.39, 0.29) is 32.2 Å². The molecule has 0 spiro atoms. The van der Waals surface area contributed by atoms with Crippen LogP contribution in [0.4, 0.5) is 9.52 Å². The van der Waals surface area contributed by atoms with Crippen LogP contribution >= 0.6 is 34.5 Å². The fourth-order valence-corrected chi connectivity index (χ4v) is 2.57. The van der Waals surface area contributed by atoms with Crippen LogP contribution in [-0.2, 0) is 0 Å². The first-order valence-electron chi connectivity index (χ1n) is 5.31. The van der Waals surface area contributed by atoms with Crippen LogP contribution < -0.4 is 5.32 Å². The van der Waals surface area contributed by atoms with Crippen molar-refractivity contribution in [3.8, 4) is 0 Å². The number of aromatic nitrogens is 1. The van der Waals surface area contributed by atoms with Gasteiger partial charge < -0.3 is 0 Å². The number of nitrogens with one attached hydrogen (secondary N) is 1. The number of carbonyl (C=O) groups is 2. The van der Waals surface area contributed by atoms with E-state index in [4.69, 9.17) is 23.2 Å². The van der Waals surface area contributed by atoms with Crippen LogP contribution in [0.5, 0.6) is 0 Å². The number of benzene rings is 1. The molecule has 1 N–H and O–H groups in total. The Labute approximate surface area is 127 Å². The van der Waals surface area contributed by atoms with Crippen molar-refractivity contribution < 1.29 is 14.0 Å². The molecule has 4 nitrogen and oxygen atoms in total. The summed E-state index contributed by atoms with van der Waals surface area (Å²) in [6.45, 7) is 1.37. The molecule has 0 aliphatic carbocycles. The average Bonchev–Trinajstić information content (AvgIpc) is 2.82. The molecule has 1 aromatic carbocycles. The summed E-state index contributed by atoms with van der Waals surface area (Å²) in [5.41, 5.74) is 0.187. The van der Waals surface area contributed by atoms with Gasteiger partial charge in [0.1, 0.15) is 11.5 Å². The lowest BCUT2D eigenvalue weighted by molar-refractivity contribution is 0.100. The molecule has 0 saturated carbocycles. The van der Waals surface area contributed by atoms with Crippen LogP contribution in [0.2, 0.25) is 10.0 Å². The van der Waals surface area contributed by atoms with Gasteiger partial charge in [0.05, 0.1) is 15.6 Å². The van der Waals surface area contributed by atoms with Gasteiger partial charge in [-0.1, -0.05) is 23.2 Å². The summed E-state index contributed by atoms with van der Waals surface area (Å²) in [6.07, 6.45) is 0. The van der Waals surface area contributed by atoms with Crippen molar-refractivity contribution in [2.75, 3.05) is 5.32 Å². The van der Waals surface area contributed by atoms with Crippen LogP contribution in [-0.4, -0.2) is 16.7 Å². The Morgan fingerprint density at radius 3 is 2.60 bits per heavy atom. The number of hydrogen-bond donors (Lipinski definition) is 1. The molecule has 1 amide bonds. The second-order valence-electron chi connectivity index (χ2n) is 3.79. The number of carbonyl (C=O) groups excluding carboxylic acids is 2. The van der Waals surface area contributed by atoms with E-state index in [9.17, 15) is 14.0 Å². The second-order valence-corrected chi connectivity index (χ2v) is 5.47. The molecular formula is C12H7Cl2FN2O2S. The molecular weight excluding hydrogens is 326 g/mol. The van der Waals surface area contributed by atoms with Crippen LogP contribution in [0.15, 0.2) is 17.5 Å². The minimum atomic E-state index is -0.746. The standard InChI is InChI=1S/C12H7Cl2FN2O2S/c1-5(18)10-4-20-12(16-10)17-11(19)6-2-9(15)8(14)3-7(6)13/h2-4H,1H3,(H,16,17,19). The third-order valence-corrected chi connectivity index (χ3v) is 3.70. The Morgan fingerprint density at radius 2 is 2.00 bits per heavy atom. The Balaban J connectivity index is 2.23. The first-order chi connectivity index (χ1) is 9.38. The number of Topliss-reactive ketones (excluding diaryl/α,β-unsaturated/α-hetero) is 1. The third kappa shape index (κ3) is 3.15. The fraction of sp³-hybridized carbons (Fsp3) is 0.0833. The normalized spacial score (nSPS) is 10.4. The van der Waals surface area contributed by atoms with E-state index in [2.05, 4.69) is 10.3 Å². The summed E-state index contributed by atoms with van der Waals surface area (Å²) in [7, 11) is 0. The van der Waals surface area contributed by atoms with E-state index < -0.39 is 11.7 Å². The topological polar surface area (TPSA) is 59.1 Å². The van der Waals surface area contributed by atoms with Gasteiger partial charge in [0.15, 0.2) is 10.9 Å². The van der Waals surface area contributed by atoms with Crippen LogP contribution in [0, 0.1) is 5.82 Å². The van der Waals surface area contributed by atoms with Gasteiger partial charge in [-0.2, -0.15) is 0 Å². The number of nitrogens with zero attached hydrogens (tertiary/aromatic N) is 1. The van der Waals surface area contributed by atoms with E-state index in [1.807, 2.05) is 0 Å². The number of ketones is 1. The van der Waals surface area contributed by atoms with E-state index in [0.717, 1.165) is 23.5 Å². The summed E-state index contributed by atoms with van der Waals surface area (Å²) in [5, 5.41) is 4.05. The van der Waals surface area contributed by atoms with Crippen molar-refractivity contribution in [2.45, 2.75) is 6.92 Å². The second kappa shape index (κ2) is 5.87. The minimum absolute atomic E-state index is 0.0252. The van der Waals surface area contributed by atoms with E-state index in [1.54, 1.807) is 0 Å². The Kier molecular flexibility index (Phi) is 4.37. The van der Waals surface area contributed by atoms with Crippen LogP contribution in [0.3, 0.4) is 0 Å². The van der Waals surface area contributed by atoms with Crippen molar-refractivity contribution in [1.82, 2.24) is 4.98 Å². The first kappa shape index (κ1) is 14.9. The van der Waals surface area contributed by atoms with Crippen LogP contribution in [0.1, 0.15) is 27.8 Å². The smallest absolute Gasteiger partial charge is 0.259 e. The Bertz CT molecular complexity index is 703. The van der Waals surface area contributed by atoms with Crippen molar-refractivity contribution >= 4 is 51.4 Å². The largest absolute Gasteiger partial charge is 0.298 e. The van der Waals surface area contributed by atoms with E-state index in [1.165, 1.54) is 12.3 Å². The molecule has 2 rings (SSSR count).